The zero-order valence-corrected chi connectivity index (χ0v) is 10.4. The minimum absolute atomic E-state index is 0.177. The zero-order valence-electron chi connectivity index (χ0n) is 10.4. The largest absolute Gasteiger partial charge is 0.394 e. The smallest absolute Gasteiger partial charge is 0.332 e. The topological polar surface area (TPSA) is 173 Å². The third-order valence-electron chi connectivity index (χ3n) is 3.39. The zero-order chi connectivity index (χ0) is 15.3. The summed E-state index contributed by atoms with van der Waals surface area (Å²) < 4.78 is 6.02. The Morgan fingerprint density at radius 3 is 2.43 bits per heavy atom. The molecule has 2 aromatic rings. The molecule has 0 bridgehead atoms. The first-order chi connectivity index (χ1) is 9.93. The standard InChI is InChI=1S/C10H12N4O7/c15-1-2-4(16)5(17)8(21-2)14-6-3(11-9(19)12-6)7(18)13-10(14)20/h2,4-5,8,15-17H,1H2,(H2,11,12,19)(H,13,18,20)/t2-,4-,5-,8-/m1/s1. The molecule has 6 N–H and O–H groups in total. The van der Waals surface area contributed by atoms with Crippen molar-refractivity contribution in [1.29, 1.82) is 0 Å². The van der Waals surface area contributed by atoms with Gasteiger partial charge < -0.3 is 20.1 Å². The quantitative estimate of drug-likeness (QED) is 0.331. The third-order valence-corrected chi connectivity index (χ3v) is 3.39. The molecule has 0 radical (unpaired) electrons. The second-order valence-electron chi connectivity index (χ2n) is 4.66. The van der Waals surface area contributed by atoms with Gasteiger partial charge >= 0.3 is 11.4 Å². The van der Waals surface area contributed by atoms with Crippen molar-refractivity contribution in [1.82, 2.24) is 19.5 Å². The number of ether oxygens (including phenoxy) is 1. The van der Waals surface area contributed by atoms with Crippen LogP contribution in [0.4, 0.5) is 0 Å². The van der Waals surface area contributed by atoms with Gasteiger partial charge in [-0.25, -0.2) is 14.2 Å². The molecule has 0 spiro atoms. The normalized spacial score (nSPS) is 29.3. The molecule has 1 aliphatic rings. The van der Waals surface area contributed by atoms with Gasteiger partial charge in [0.25, 0.3) is 5.56 Å². The van der Waals surface area contributed by atoms with Gasteiger partial charge in [0, 0.05) is 0 Å². The fraction of sp³-hybridized carbons (Fsp3) is 0.500. The highest BCUT2D eigenvalue weighted by Crippen LogP contribution is 2.29. The lowest BCUT2D eigenvalue weighted by atomic mass is 10.1. The summed E-state index contributed by atoms with van der Waals surface area (Å²) in [5.41, 5.74) is -2.84. The van der Waals surface area contributed by atoms with Crippen LogP contribution >= 0.6 is 0 Å². The number of imidazole rings is 1. The molecule has 3 rings (SSSR count). The Morgan fingerprint density at radius 2 is 1.81 bits per heavy atom. The molecule has 0 aliphatic carbocycles. The fourth-order valence-corrected chi connectivity index (χ4v) is 2.38. The summed E-state index contributed by atoms with van der Waals surface area (Å²) in [5, 5.41) is 28.7. The Balaban J connectivity index is 2.24. The van der Waals surface area contributed by atoms with Gasteiger partial charge in [0.05, 0.1) is 6.61 Å². The number of fused-ring (bicyclic) bond motifs is 1. The van der Waals surface area contributed by atoms with Gasteiger partial charge in [-0.2, -0.15) is 0 Å². The molecule has 2 aromatic heterocycles. The number of hydrogen-bond donors (Lipinski definition) is 6. The summed E-state index contributed by atoms with van der Waals surface area (Å²) in [6, 6.07) is 0. The van der Waals surface area contributed by atoms with Crippen molar-refractivity contribution in [2.75, 3.05) is 6.61 Å². The summed E-state index contributed by atoms with van der Waals surface area (Å²) in [6.45, 7) is -0.570. The molecule has 0 aromatic carbocycles. The van der Waals surface area contributed by atoms with E-state index in [-0.39, 0.29) is 11.2 Å². The maximum Gasteiger partial charge on any atom is 0.332 e. The van der Waals surface area contributed by atoms with Crippen LogP contribution in [0.5, 0.6) is 0 Å². The molecule has 21 heavy (non-hydrogen) atoms. The Labute approximate surface area is 114 Å². The number of aromatic amines is 3. The highest BCUT2D eigenvalue weighted by molar-refractivity contribution is 5.68. The second kappa shape index (κ2) is 4.66. The fourth-order valence-electron chi connectivity index (χ4n) is 2.38. The number of nitrogens with zero attached hydrogens (tertiary/aromatic N) is 1. The van der Waals surface area contributed by atoms with Crippen molar-refractivity contribution < 1.29 is 20.1 Å². The van der Waals surface area contributed by atoms with Gasteiger partial charge in [-0.05, 0) is 0 Å². The van der Waals surface area contributed by atoms with Crippen LogP contribution < -0.4 is 16.9 Å². The SMILES string of the molecule is O=c1[nH]c2c(=O)[nH]c(=O)n([C@@H]3O[C@H](CO)[C@@H](O)[C@H]3O)c2[nH]1. The Bertz CT molecular complexity index is 845. The number of aromatic nitrogens is 4. The van der Waals surface area contributed by atoms with Crippen LogP contribution in [0.25, 0.3) is 11.2 Å². The number of aliphatic hydroxyl groups excluding tert-OH is 3. The average molecular weight is 300 g/mol. The van der Waals surface area contributed by atoms with E-state index in [1.165, 1.54) is 0 Å². The van der Waals surface area contributed by atoms with Crippen LogP contribution in [0, 0.1) is 0 Å². The molecule has 1 aliphatic heterocycles. The number of rotatable bonds is 2. The summed E-state index contributed by atoms with van der Waals surface area (Å²) in [6.07, 6.45) is -5.40. The molecule has 0 unspecified atom stereocenters. The first-order valence-electron chi connectivity index (χ1n) is 6.03. The van der Waals surface area contributed by atoms with E-state index >= 15 is 0 Å². The number of H-pyrrole nitrogens is 3. The molecule has 4 atom stereocenters. The molecule has 11 nitrogen and oxygen atoms in total. The lowest BCUT2D eigenvalue weighted by Crippen LogP contribution is -2.38. The van der Waals surface area contributed by atoms with E-state index in [0.29, 0.717) is 0 Å². The average Bonchev–Trinajstić information content (AvgIpc) is 2.94. The van der Waals surface area contributed by atoms with Crippen molar-refractivity contribution in [3.63, 3.8) is 0 Å². The molecule has 114 valence electrons. The van der Waals surface area contributed by atoms with Crippen molar-refractivity contribution in [2.45, 2.75) is 24.5 Å². The summed E-state index contributed by atoms with van der Waals surface area (Å²) in [4.78, 5) is 41.3. The molecule has 11 heteroatoms. The molecule has 1 fully saturated rings. The van der Waals surface area contributed by atoms with E-state index in [4.69, 9.17) is 9.84 Å². The van der Waals surface area contributed by atoms with E-state index in [1.807, 2.05) is 4.98 Å². The van der Waals surface area contributed by atoms with E-state index in [2.05, 4.69) is 9.97 Å². The summed E-state index contributed by atoms with van der Waals surface area (Å²) in [5.74, 6) is 0. The lowest BCUT2D eigenvalue weighted by molar-refractivity contribution is -0.0530. The van der Waals surface area contributed by atoms with Gasteiger partial charge in [-0.15, -0.1) is 0 Å². The van der Waals surface area contributed by atoms with E-state index < -0.39 is 48.1 Å². The maximum absolute atomic E-state index is 11.9. The van der Waals surface area contributed by atoms with Crippen LogP contribution in [0.2, 0.25) is 0 Å². The number of hydrogen-bond acceptors (Lipinski definition) is 7. The van der Waals surface area contributed by atoms with E-state index in [1.54, 1.807) is 0 Å². The highest BCUT2D eigenvalue weighted by atomic mass is 16.6. The highest BCUT2D eigenvalue weighted by Gasteiger charge is 2.44. The van der Waals surface area contributed by atoms with Crippen molar-refractivity contribution in [2.24, 2.45) is 0 Å². The van der Waals surface area contributed by atoms with Gasteiger partial charge in [0.1, 0.15) is 18.3 Å². The van der Waals surface area contributed by atoms with Crippen LogP contribution in [0.1, 0.15) is 6.23 Å². The molecule has 1 saturated heterocycles. The van der Waals surface area contributed by atoms with Gasteiger partial charge in [-0.1, -0.05) is 0 Å². The van der Waals surface area contributed by atoms with Gasteiger partial charge in [-0.3, -0.25) is 19.7 Å². The van der Waals surface area contributed by atoms with Crippen LogP contribution in [-0.2, 0) is 4.74 Å². The van der Waals surface area contributed by atoms with Crippen molar-refractivity contribution in [3.8, 4) is 0 Å². The van der Waals surface area contributed by atoms with Crippen molar-refractivity contribution in [3.05, 3.63) is 31.3 Å². The number of nitrogens with one attached hydrogen (secondary N) is 3. The third kappa shape index (κ3) is 1.94. The molecular weight excluding hydrogens is 288 g/mol. The predicted octanol–water partition coefficient (Wildman–Crippen LogP) is -3.68. The van der Waals surface area contributed by atoms with Gasteiger partial charge in [0.2, 0.25) is 0 Å². The first-order valence-corrected chi connectivity index (χ1v) is 6.03. The van der Waals surface area contributed by atoms with Crippen LogP contribution in [0.15, 0.2) is 14.4 Å². The van der Waals surface area contributed by atoms with Crippen molar-refractivity contribution >= 4 is 11.2 Å². The molecule has 0 saturated carbocycles. The minimum Gasteiger partial charge on any atom is -0.394 e. The Hall–Kier alpha value is -2.21. The van der Waals surface area contributed by atoms with Crippen LogP contribution in [-0.4, -0.2) is 59.8 Å². The Morgan fingerprint density at radius 1 is 1.10 bits per heavy atom. The monoisotopic (exact) mass is 300 g/mol. The van der Waals surface area contributed by atoms with Crippen LogP contribution in [0.3, 0.4) is 0 Å². The predicted molar refractivity (Wildman–Crippen MR) is 66.8 cm³/mol. The Kier molecular flexibility index (Phi) is 3.06. The molecule has 0 amide bonds. The molecular formula is C10H12N4O7. The maximum atomic E-state index is 11.9. The number of aliphatic hydroxyl groups is 3. The summed E-state index contributed by atoms with van der Waals surface area (Å²) >= 11 is 0. The van der Waals surface area contributed by atoms with E-state index in [0.717, 1.165) is 4.57 Å². The lowest BCUT2D eigenvalue weighted by Gasteiger charge is -2.17. The van der Waals surface area contributed by atoms with E-state index in [9.17, 15) is 24.6 Å². The first kappa shape index (κ1) is 13.8. The summed E-state index contributed by atoms with van der Waals surface area (Å²) in [7, 11) is 0. The molecule has 3 heterocycles. The second-order valence-corrected chi connectivity index (χ2v) is 4.66. The van der Waals surface area contributed by atoms with Gasteiger partial charge in [0.15, 0.2) is 17.4 Å². The minimum atomic E-state index is -1.52.